The van der Waals surface area contributed by atoms with Gasteiger partial charge in [0.25, 0.3) is 5.91 Å². The summed E-state index contributed by atoms with van der Waals surface area (Å²) in [4.78, 5) is 15.8. The molecule has 5 heteroatoms. The number of rotatable bonds is 6. The van der Waals surface area contributed by atoms with Crippen molar-refractivity contribution in [3.8, 4) is 0 Å². The third-order valence-electron chi connectivity index (χ3n) is 2.81. The molecule has 1 heterocycles. The topological polar surface area (TPSA) is 54.0 Å². The Morgan fingerprint density at radius 1 is 1.24 bits per heavy atom. The first-order chi connectivity index (χ1) is 10.2. The number of carbonyl (C=O) groups excluding carboxylic acids is 1. The molecule has 0 spiro atoms. The van der Waals surface area contributed by atoms with Crippen molar-refractivity contribution in [3.05, 3.63) is 71.5 Å². The molecule has 4 nitrogen and oxygen atoms in total. The number of hydrogen-bond donors (Lipinski definition) is 2. The molecular formula is C16H16ClN3O. The SMILES string of the molecule is C=CCNC(=O)c1ccc(NCc2ccc(Cl)cc2)cn1. The van der Waals surface area contributed by atoms with E-state index >= 15 is 0 Å². The van der Waals surface area contributed by atoms with Crippen LogP contribution in [0.25, 0.3) is 0 Å². The van der Waals surface area contributed by atoms with Crippen molar-refractivity contribution >= 4 is 23.2 Å². The second-order valence-electron chi connectivity index (χ2n) is 4.41. The van der Waals surface area contributed by atoms with Gasteiger partial charge < -0.3 is 10.6 Å². The summed E-state index contributed by atoms with van der Waals surface area (Å²) in [6, 6.07) is 11.1. The molecule has 0 aliphatic rings. The lowest BCUT2D eigenvalue weighted by Crippen LogP contribution is -2.24. The van der Waals surface area contributed by atoms with Gasteiger partial charge in [-0.1, -0.05) is 29.8 Å². The molecule has 108 valence electrons. The number of anilines is 1. The quantitative estimate of drug-likeness (QED) is 0.805. The second-order valence-corrected chi connectivity index (χ2v) is 4.85. The van der Waals surface area contributed by atoms with Gasteiger partial charge >= 0.3 is 0 Å². The standard InChI is InChI=1S/C16H16ClN3O/c1-2-9-18-16(21)15-8-7-14(11-20-15)19-10-12-3-5-13(17)6-4-12/h2-8,11,19H,1,9-10H2,(H,18,21). The number of aromatic nitrogens is 1. The average molecular weight is 302 g/mol. The van der Waals surface area contributed by atoms with Gasteiger partial charge in [-0.15, -0.1) is 6.58 Å². The van der Waals surface area contributed by atoms with Crippen LogP contribution >= 0.6 is 11.6 Å². The van der Waals surface area contributed by atoms with Crippen LogP contribution in [0.1, 0.15) is 16.1 Å². The van der Waals surface area contributed by atoms with E-state index in [4.69, 9.17) is 11.6 Å². The van der Waals surface area contributed by atoms with E-state index in [-0.39, 0.29) is 5.91 Å². The van der Waals surface area contributed by atoms with Crippen LogP contribution < -0.4 is 10.6 Å². The maximum atomic E-state index is 11.7. The first-order valence-electron chi connectivity index (χ1n) is 6.52. The lowest BCUT2D eigenvalue weighted by Gasteiger charge is -2.07. The molecule has 0 atom stereocenters. The average Bonchev–Trinajstić information content (AvgIpc) is 2.52. The zero-order valence-electron chi connectivity index (χ0n) is 11.5. The Kier molecular flexibility index (Phi) is 5.35. The summed E-state index contributed by atoms with van der Waals surface area (Å²) in [6.45, 7) is 4.64. The zero-order chi connectivity index (χ0) is 15.1. The molecule has 0 saturated heterocycles. The largest absolute Gasteiger partial charge is 0.380 e. The molecule has 1 aromatic carbocycles. The van der Waals surface area contributed by atoms with Crippen molar-refractivity contribution in [2.24, 2.45) is 0 Å². The summed E-state index contributed by atoms with van der Waals surface area (Å²) in [5.74, 6) is -0.209. The number of nitrogens with zero attached hydrogens (tertiary/aromatic N) is 1. The molecule has 2 aromatic rings. The van der Waals surface area contributed by atoms with Crippen molar-refractivity contribution in [1.82, 2.24) is 10.3 Å². The van der Waals surface area contributed by atoms with Gasteiger partial charge in [-0.05, 0) is 29.8 Å². The van der Waals surface area contributed by atoms with Crippen molar-refractivity contribution in [3.63, 3.8) is 0 Å². The second kappa shape index (κ2) is 7.45. The van der Waals surface area contributed by atoms with Crippen LogP contribution in [-0.4, -0.2) is 17.4 Å². The Labute approximate surface area is 128 Å². The maximum Gasteiger partial charge on any atom is 0.270 e. The molecule has 0 aliphatic heterocycles. The highest BCUT2D eigenvalue weighted by molar-refractivity contribution is 6.30. The smallest absolute Gasteiger partial charge is 0.270 e. The van der Waals surface area contributed by atoms with Crippen LogP contribution in [-0.2, 0) is 6.54 Å². The minimum absolute atomic E-state index is 0.209. The lowest BCUT2D eigenvalue weighted by atomic mass is 10.2. The number of halogens is 1. The van der Waals surface area contributed by atoms with E-state index in [1.165, 1.54) is 0 Å². The van der Waals surface area contributed by atoms with E-state index in [1.807, 2.05) is 30.3 Å². The van der Waals surface area contributed by atoms with E-state index in [0.717, 1.165) is 16.3 Å². The predicted molar refractivity (Wildman–Crippen MR) is 85.5 cm³/mol. The molecule has 0 fully saturated rings. The highest BCUT2D eigenvalue weighted by Gasteiger charge is 2.05. The highest BCUT2D eigenvalue weighted by atomic mass is 35.5. The normalized spacial score (nSPS) is 9.95. The minimum Gasteiger partial charge on any atom is -0.380 e. The van der Waals surface area contributed by atoms with Gasteiger partial charge in [0.2, 0.25) is 0 Å². The van der Waals surface area contributed by atoms with Gasteiger partial charge in [-0.2, -0.15) is 0 Å². The molecule has 1 amide bonds. The molecule has 0 aliphatic carbocycles. The summed E-state index contributed by atoms with van der Waals surface area (Å²) in [5, 5.41) is 6.63. The number of hydrogen-bond acceptors (Lipinski definition) is 3. The van der Waals surface area contributed by atoms with Gasteiger partial charge in [0.05, 0.1) is 11.9 Å². The molecule has 2 rings (SSSR count). The fourth-order valence-electron chi connectivity index (χ4n) is 1.69. The Morgan fingerprint density at radius 3 is 2.62 bits per heavy atom. The van der Waals surface area contributed by atoms with Crippen molar-refractivity contribution in [1.29, 1.82) is 0 Å². The number of amides is 1. The van der Waals surface area contributed by atoms with Gasteiger partial charge in [-0.3, -0.25) is 4.79 Å². The van der Waals surface area contributed by atoms with Crippen molar-refractivity contribution < 1.29 is 4.79 Å². The van der Waals surface area contributed by atoms with Gasteiger partial charge in [0, 0.05) is 18.1 Å². The zero-order valence-corrected chi connectivity index (χ0v) is 12.2. The Morgan fingerprint density at radius 2 is 2.00 bits per heavy atom. The van der Waals surface area contributed by atoms with E-state index in [0.29, 0.717) is 18.8 Å². The molecule has 21 heavy (non-hydrogen) atoms. The number of carbonyl (C=O) groups is 1. The molecular weight excluding hydrogens is 286 g/mol. The van der Waals surface area contributed by atoms with Crippen LogP contribution in [0.5, 0.6) is 0 Å². The number of pyridine rings is 1. The van der Waals surface area contributed by atoms with Crippen LogP contribution in [0.3, 0.4) is 0 Å². The first kappa shape index (κ1) is 15.1. The fraction of sp³-hybridized carbons (Fsp3) is 0.125. The van der Waals surface area contributed by atoms with Crippen molar-refractivity contribution in [2.45, 2.75) is 6.54 Å². The van der Waals surface area contributed by atoms with E-state index in [9.17, 15) is 4.79 Å². The molecule has 0 unspecified atom stereocenters. The predicted octanol–water partition coefficient (Wildman–Crippen LogP) is 3.26. The molecule has 0 radical (unpaired) electrons. The summed E-state index contributed by atoms with van der Waals surface area (Å²) in [7, 11) is 0. The Hall–Kier alpha value is -2.33. The first-order valence-corrected chi connectivity index (χ1v) is 6.90. The van der Waals surface area contributed by atoms with Crippen LogP contribution in [0.15, 0.2) is 55.3 Å². The summed E-state index contributed by atoms with van der Waals surface area (Å²) < 4.78 is 0. The van der Waals surface area contributed by atoms with E-state index < -0.39 is 0 Å². The minimum atomic E-state index is -0.209. The van der Waals surface area contributed by atoms with E-state index in [2.05, 4.69) is 22.2 Å². The number of nitrogens with one attached hydrogen (secondary N) is 2. The highest BCUT2D eigenvalue weighted by Crippen LogP contribution is 2.12. The van der Waals surface area contributed by atoms with Crippen LogP contribution in [0.2, 0.25) is 5.02 Å². The monoisotopic (exact) mass is 301 g/mol. The molecule has 0 bridgehead atoms. The summed E-state index contributed by atoms with van der Waals surface area (Å²) in [6.07, 6.45) is 3.26. The third kappa shape index (κ3) is 4.61. The fourth-order valence-corrected chi connectivity index (χ4v) is 1.82. The molecule has 0 saturated carbocycles. The Balaban J connectivity index is 1.91. The third-order valence-corrected chi connectivity index (χ3v) is 3.06. The molecule has 2 N–H and O–H groups in total. The van der Waals surface area contributed by atoms with Gasteiger partial charge in [0.15, 0.2) is 0 Å². The van der Waals surface area contributed by atoms with Crippen molar-refractivity contribution in [2.75, 3.05) is 11.9 Å². The maximum absolute atomic E-state index is 11.7. The summed E-state index contributed by atoms with van der Waals surface area (Å²) in [5.41, 5.74) is 2.35. The Bertz CT molecular complexity index is 608. The van der Waals surface area contributed by atoms with E-state index in [1.54, 1.807) is 18.3 Å². The lowest BCUT2D eigenvalue weighted by molar-refractivity contribution is 0.0953. The van der Waals surface area contributed by atoms with Crippen LogP contribution in [0.4, 0.5) is 5.69 Å². The van der Waals surface area contributed by atoms with Gasteiger partial charge in [-0.25, -0.2) is 4.98 Å². The van der Waals surface area contributed by atoms with Crippen LogP contribution in [0, 0.1) is 0 Å². The molecule has 1 aromatic heterocycles. The number of benzene rings is 1. The van der Waals surface area contributed by atoms with Gasteiger partial charge in [0.1, 0.15) is 5.69 Å². The summed E-state index contributed by atoms with van der Waals surface area (Å²) >= 11 is 5.84.